The maximum absolute atomic E-state index is 11.9. The molecule has 0 aliphatic heterocycles. The number of rotatable bonds is 6. The van der Waals surface area contributed by atoms with E-state index in [2.05, 4.69) is 45.6 Å². The minimum atomic E-state index is -0.0400. The molecule has 0 spiro atoms. The molecule has 0 heterocycles. The second-order valence-corrected chi connectivity index (χ2v) is 5.85. The van der Waals surface area contributed by atoms with E-state index in [9.17, 15) is 4.79 Å². The molecule has 1 amide bonds. The summed E-state index contributed by atoms with van der Waals surface area (Å²) in [5, 5.41) is 6.12. The number of anilines is 1. The number of hydrogen-bond donors (Lipinski definition) is 2. The van der Waals surface area contributed by atoms with Crippen LogP contribution in [-0.2, 0) is 11.2 Å². The summed E-state index contributed by atoms with van der Waals surface area (Å²) < 4.78 is 0.885. The first kappa shape index (κ1) is 15.7. The first-order valence-electron chi connectivity index (χ1n) is 6.97. The number of carbonyl (C=O) groups is 1. The fourth-order valence-electron chi connectivity index (χ4n) is 2.06. The molecule has 0 aliphatic carbocycles. The van der Waals surface area contributed by atoms with E-state index in [1.54, 1.807) is 0 Å². The molecule has 0 aliphatic rings. The van der Waals surface area contributed by atoms with Crippen LogP contribution in [0.3, 0.4) is 0 Å². The molecule has 0 radical (unpaired) electrons. The van der Waals surface area contributed by atoms with Crippen molar-refractivity contribution < 1.29 is 4.79 Å². The molecule has 110 valence electrons. The van der Waals surface area contributed by atoms with E-state index in [4.69, 9.17) is 0 Å². The van der Waals surface area contributed by atoms with Crippen LogP contribution in [0.15, 0.2) is 59.1 Å². The highest BCUT2D eigenvalue weighted by molar-refractivity contribution is 9.10. The first-order chi connectivity index (χ1) is 10.1. The number of carbonyl (C=O) groups excluding carboxylic acids is 1. The van der Waals surface area contributed by atoms with Gasteiger partial charge in [-0.2, -0.15) is 0 Å². The number of para-hydroxylation sites is 1. The zero-order valence-electron chi connectivity index (χ0n) is 12.0. The van der Waals surface area contributed by atoms with Gasteiger partial charge in [0.05, 0.1) is 12.2 Å². The predicted molar refractivity (Wildman–Crippen MR) is 90.4 cm³/mol. The Labute approximate surface area is 133 Å². The van der Waals surface area contributed by atoms with Crippen LogP contribution >= 0.6 is 15.9 Å². The molecule has 0 saturated carbocycles. The summed E-state index contributed by atoms with van der Waals surface area (Å²) in [6.45, 7) is 2.38. The van der Waals surface area contributed by atoms with Crippen LogP contribution in [0, 0.1) is 0 Å². The Balaban J connectivity index is 1.77. The third kappa shape index (κ3) is 5.33. The van der Waals surface area contributed by atoms with Crippen molar-refractivity contribution in [3.05, 3.63) is 64.6 Å². The minimum Gasteiger partial charge on any atom is -0.324 e. The lowest BCUT2D eigenvalue weighted by Crippen LogP contribution is -2.35. The highest BCUT2D eigenvalue weighted by atomic mass is 79.9. The van der Waals surface area contributed by atoms with Crippen LogP contribution in [0.1, 0.15) is 12.5 Å². The Morgan fingerprint density at radius 2 is 1.76 bits per heavy atom. The number of halogens is 1. The topological polar surface area (TPSA) is 41.1 Å². The highest BCUT2D eigenvalue weighted by Crippen LogP contribution is 2.20. The van der Waals surface area contributed by atoms with Crippen LogP contribution in [0.25, 0.3) is 0 Å². The Morgan fingerprint density at radius 3 is 2.48 bits per heavy atom. The molecule has 1 atom stereocenters. The van der Waals surface area contributed by atoms with Gasteiger partial charge >= 0.3 is 0 Å². The summed E-state index contributed by atoms with van der Waals surface area (Å²) in [6, 6.07) is 18.1. The Kier molecular flexibility index (Phi) is 5.96. The molecule has 3 nitrogen and oxygen atoms in total. The van der Waals surface area contributed by atoms with E-state index in [0.29, 0.717) is 6.54 Å². The summed E-state index contributed by atoms with van der Waals surface area (Å²) in [4.78, 5) is 11.9. The van der Waals surface area contributed by atoms with E-state index in [-0.39, 0.29) is 11.9 Å². The second-order valence-electron chi connectivity index (χ2n) is 5.00. The SMILES string of the molecule is CC(Cc1ccccc1)NCC(=O)Nc1ccccc1Br. The van der Waals surface area contributed by atoms with Crippen LogP contribution < -0.4 is 10.6 Å². The monoisotopic (exact) mass is 346 g/mol. The normalized spacial score (nSPS) is 11.9. The Morgan fingerprint density at radius 1 is 1.10 bits per heavy atom. The van der Waals surface area contributed by atoms with E-state index in [1.807, 2.05) is 42.5 Å². The lowest BCUT2D eigenvalue weighted by Gasteiger charge is -2.14. The van der Waals surface area contributed by atoms with Gasteiger partial charge < -0.3 is 10.6 Å². The standard InChI is InChI=1S/C17H19BrN2O/c1-13(11-14-7-3-2-4-8-14)19-12-17(21)20-16-10-6-5-9-15(16)18/h2-10,13,19H,11-12H2,1H3,(H,20,21). The third-order valence-corrected chi connectivity index (χ3v) is 3.84. The van der Waals surface area contributed by atoms with Crippen molar-refractivity contribution >= 4 is 27.5 Å². The Bertz CT molecular complexity index is 586. The number of nitrogens with one attached hydrogen (secondary N) is 2. The molecule has 0 fully saturated rings. The van der Waals surface area contributed by atoms with Gasteiger partial charge in [0, 0.05) is 10.5 Å². The molecule has 21 heavy (non-hydrogen) atoms. The molecule has 0 bridgehead atoms. The fraction of sp³-hybridized carbons (Fsp3) is 0.235. The third-order valence-electron chi connectivity index (χ3n) is 3.14. The van der Waals surface area contributed by atoms with Gasteiger partial charge in [0.25, 0.3) is 0 Å². The number of hydrogen-bond acceptors (Lipinski definition) is 2. The largest absolute Gasteiger partial charge is 0.324 e. The fourth-order valence-corrected chi connectivity index (χ4v) is 2.45. The molecular weight excluding hydrogens is 328 g/mol. The van der Waals surface area contributed by atoms with Crippen molar-refractivity contribution in [3.63, 3.8) is 0 Å². The van der Waals surface area contributed by atoms with Gasteiger partial charge in [-0.3, -0.25) is 4.79 Å². The van der Waals surface area contributed by atoms with Crippen molar-refractivity contribution in [2.75, 3.05) is 11.9 Å². The molecule has 2 aromatic carbocycles. The van der Waals surface area contributed by atoms with Crippen molar-refractivity contribution in [3.8, 4) is 0 Å². The van der Waals surface area contributed by atoms with Gasteiger partial charge in [0.2, 0.25) is 5.91 Å². The van der Waals surface area contributed by atoms with Crippen molar-refractivity contribution in [2.24, 2.45) is 0 Å². The second kappa shape index (κ2) is 7.96. The van der Waals surface area contributed by atoms with Gasteiger partial charge in [-0.05, 0) is 47.0 Å². The number of amides is 1. The van der Waals surface area contributed by atoms with E-state index in [1.165, 1.54) is 5.56 Å². The van der Waals surface area contributed by atoms with Crippen LogP contribution in [0.5, 0.6) is 0 Å². The maximum atomic E-state index is 11.9. The first-order valence-corrected chi connectivity index (χ1v) is 7.76. The van der Waals surface area contributed by atoms with Gasteiger partial charge in [0.1, 0.15) is 0 Å². The van der Waals surface area contributed by atoms with Crippen molar-refractivity contribution in [1.82, 2.24) is 5.32 Å². The van der Waals surface area contributed by atoms with Crippen LogP contribution in [-0.4, -0.2) is 18.5 Å². The minimum absolute atomic E-state index is 0.0400. The van der Waals surface area contributed by atoms with Crippen LogP contribution in [0.4, 0.5) is 5.69 Å². The quantitative estimate of drug-likeness (QED) is 0.838. The van der Waals surface area contributed by atoms with Crippen molar-refractivity contribution in [1.29, 1.82) is 0 Å². The van der Waals surface area contributed by atoms with E-state index < -0.39 is 0 Å². The van der Waals surface area contributed by atoms with Gasteiger partial charge in [-0.1, -0.05) is 42.5 Å². The van der Waals surface area contributed by atoms with Gasteiger partial charge in [0.15, 0.2) is 0 Å². The van der Waals surface area contributed by atoms with Crippen molar-refractivity contribution in [2.45, 2.75) is 19.4 Å². The average Bonchev–Trinajstić information content (AvgIpc) is 2.49. The van der Waals surface area contributed by atoms with Gasteiger partial charge in [-0.25, -0.2) is 0 Å². The van der Waals surface area contributed by atoms with Crippen LogP contribution in [0.2, 0.25) is 0 Å². The molecule has 2 rings (SSSR count). The maximum Gasteiger partial charge on any atom is 0.238 e. The summed E-state index contributed by atoms with van der Waals surface area (Å²) in [7, 11) is 0. The Hall–Kier alpha value is -1.65. The molecule has 0 aromatic heterocycles. The lowest BCUT2D eigenvalue weighted by molar-refractivity contribution is -0.115. The van der Waals surface area contributed by atoms with Gasteiger partial charge in [-0.15, -0.1) is 0 Å². The molecule has 0 saturated heterocycles. The van der Waals surface area contributed by atoms with E-state index in [0.717, 1.165) is 16.6 Å². The summed E-state index contributed by atoms with van der Waals surface area (Å²) in [6.07, 6.45) is 0.906. The van der Waals surface area contributed by atoms with E-state index >= 15 is 0 Å². The average molecular weight is 347 g/mol. The molecule has 4 heteroatoms. The molecule has 2 N–H and O–H groups in total. The summed E-state index contributed by atoms with van der Waals surface area (Å²) in [5.41, 5.74) is 2.06. The molecule has 2 aromatic rings. The highest BCUT2D eigenvalue weighted by Gasteiger charge is 2.08. The molecular formula is C17H19BrN2O. The summed E-state index contributed by atoms with van der Waals surface area (Å²) in [5.74, 6) is -0.0400. The number of benzene rings is 2. The predicted octanol–water partition coefficient (Wildman–Crippen LogP) is 3.61. The smallest absolute Gasteiger partial charge is 0.238 e. The molecule has 1 unspecified atom stereocenters. The summed E-state index contributed by atoms with van der Waals surface area (Å²) >= 11 is 3.41. The zero-order chi connectivity index (χ0) is 15.1. The zero-order valence-corrected chi connectivity index (χ0v) is 13.6. The lowest BCUT2D eigenvalue weighted by atomic mass is 10.1.